The molecule has 0 aliphatic carbocycles. The summed E-state index contributed by atoms with van der Waals surface area (Å²) in [6, 6.07) is 1.57. The number of hydrogen-bond donors (Lipinski definition) is 1. The van der Waals surface area contributed by atoms with Crippen molar-refractivity contribution in [3.8, 4) is 5.75 Å². The number of urea groups is 1. The second kappa shape index (κ2) is 7.79. The van der Waals surface area contributed by atoms with Crippen LogP contribution in [0.15, 0.2) is 36.8 Å². The zero-order valence-corrected chi connectivity index (χ0v) is 18.6. The summed E-state index contributed by atoms with van der Waals surface area (Å²) in [5.41, 5.74) is 1.38. The molecule has 2 aliphatic rings. The Bertz CT molecular complexity index is 1310. The monoisotopic (exact) mass is 473 g/mol. The summed E-state index contributed by atoms with van der Waals surface area (Å²) in [5, 5.41) is 7.65. The van der Waals surface area contributed by atoms with E-state index in [0.717, 1.165) is 10.3 Å². The SMILES string of the molecule is CCn1cc2cncc(N3C(=O)NC4C=C(c5cc(OC)c(F)cc5Cl)SC4C3=O)c2n1. The smallest absolute Gasteiger partial charge is 0.329 e. The van der Waals surface area contributed by atoms with E-state index in [-0.39, 0.29) is 16.7 Å². The maximum Gasteiger partial charge on any atom is 0.329 e. The molecule has 2 atom stereocenters. The predicted molar refractivity (Wildman–Crippen MR) is 120 cm³/mol. The van der Waals surface area contributed by atoms with E-state index in [0.29, 0.717) is 28.2 Å². The largest absolute Gasteiger partial charge is 0.494 e. The Labute approximate surface area is 191 Å². The van der Waals surface area contributed by atoms with Crippen molar-refractivity contribution in [3.63, 3.8) is 0 Å². The molecular weight excluding hydrogens is 457 g/mol. The number of hydrogen-bond acceptors (Lipinski definition) is 6. The molecule has 0 saturated carbocycles. The Morgan fingerprint density at radius 2 is 2.12 bits per heavy atom. The molecule has 32 heavy (non-hydrogen) atoms. The van der Waals surface area contributed by atoms with Gasteiger partial charge in [0.15, 0.2) is 11.6 Å². The Morgan fingerprint density at radius 1 is 1.31 bits per heavy atom. The zero-order chi connectivity index (χ0) is 22.6. The fourth-order valence-corrected chi connectivity index (χ4v) is 5.42. The molecule has 5 rings (SSSR count). The number of halogens is 2. The molecule has 8 nitrogen and oxygen atoms in total. The Balaban J connectivity index is 1.50. The summed E-state index contributed by atoms with van der Waals surface area (Å²) in [5.74, 6) is -0.924. The number of thioether (sulfide) groups is 1. The number of carbonyl (C=O) groups is 2. The van der Waals surface area contributed by atoms with Gasteiger partial charge in [-0.2, -0.15) is 5.10 Å². The normalized spacial score (nSPS) is 20.4. The fourth-order valence-electron chi connectivity index (χ4n) is 3.82. The van der Waals surface area contributed by atoms with Crippen LogP contribution in [0.5, 0.6) is 5.75 Å². The number of nitrogens with zero attached hydrogens (tertiary/aromatic N) is 4. The van der Waals surface area contributed by atoms with Crippen molar-refractivity contribution in [1.29, 1.82) is 0 Å². The summed E-state index contributed by atoms with van der Waals surface area (Å²) in [6.07, 6.45) is 6.67. The third-order valence-corrected chi connectivity index (χ3v) is 7.05. The van der Waals surface area contributed by atoms with Crippen molar-refractivity contribution < 1.29 is 18.7 Å². The second-order valence-electron chi connectivity index (χ2n) is 7.27. The number of benzene rings is 1. The average Bonchev–Trinajstić information content (AvgIpc) is 3.38. The Morgan fingerprint density at radius 3 is 2.88 bits per heavy atom. The highest BCUT2D eigenvalue weighted by atomic mass is 35.5. The number of carbonyl (C=O) groups excluding carboxylic acids is 2. The van der Waals surface area contributed by atoms with E-state index in [1.54, 1.807) is 17.0 Å². The number of ether oxygens (including phenoxy) is 1. The molecule has 2 aliphatic heterocycles. The van der Waals surface area contributed by atoms with E-state index in [9.17, 15) is 14.0 Å². The van der Waals surface area contributed by atoms with Crippen LogP contribution in [0, 0.1) is 5.82 Å². The molecule has 1 saturated heterocycles. The fraction of sp³-hybridized carbons (Fsp3) is 0.238. The molecule has 11 heteroatoms. The van der Waals surface area contributed by atoms with Gasteiger partial charge in [-0.15, -0.1) is 11.8 Å². The number of fused-ring (bicyclic) bond motifs is 2. The predicted octanol–water partition coefficient (Wildman–Crippen LogP) is 3.83. The molecule has 0 spiro atoms. The summed E-state index contributed by atoms with van der Waals surface area (Å²) < 4.78 is 20.7. The highest BCUT2D eigenvalue weighted by Crippen LogP contribution is 2.45. The number of amides is 3. The van der Waals surface area contributed by atoms with Crippen molar-refractivity contribution >= 4 is 56.8 Å². The number of pyridine rings is 1. The van der Waals surface area contributed by atoms with Crippen molar-refractivity contribution in [2.75, 3.05) is 12.0 Å². The van der Waals surface area contributed by atoms with Crippen LogP contribution in [0.25, 0.3) is 15.8 Å². The molecule has 2 aromatic heterocycles. The van der Waals surface area contributed by atoms with Crippen LogP contribution in [-0.2, 0) is 11.3 Å². The van der Waals surface area contributed by atoms with Crippen LogP contribution >= 0.6 is 23.4 Å². The van der Waals surface area contributed by atoms with Gasteiger partial charge in [0, 0.05) is 34.8 Å². The number of nitrogens with one attached hydrogen (secondary N) is 1. The van der Waals surface area contributed by atoms with E-state index in [4.69, 9.17) is 16.3 Å². The highest BCUT2D eigenvalue weighted by Gasteiger charge is 2.46. The number of anilines is 1. The molecule has 4 heterocycles. The van der Waals surface area contributed by atoms with Gasteiger partial charge in [0.05, 0.1) is 24.4 Å². The third kappa shape index (κ3) is 3.21. The molecular formula is C21H17ClFN5O3S. The molecule has 0 radical (unpaired) electrons. The van der Waals surface area contributed by atoms with Gasteiger partial charge in [-0.3, -0.25) is 14.5 Å². The first-order chi connectivity index (χ1) is 15.4. The Hall–Kier alpha value is -3.11. The first-order valence-electron chi connectivity index (χ1n) is 9.78. The molecule has 2 unspecified atom stereocenters. The van der Waals surface area contributed by atoms with Crippen LogP contribution in [0.4, 0.5) is 14.9 Å². The first kappa shape index (κ1) is 20.8. The van der Waals surface area contributed by atoms with Crippen LogP contribution in [0.1, 0.15) is 12.5 Å². The summed E-state index contributed by atoms with van der Waals surface area (Å²) in [7, 11) is 1.36. The molecule has 3 aromatic rings. The van der Waals surface area contributed by atoms with Crippen LogP contribution < -0.4 is 15.0 Å². The van der Waals surface area contributed by atoms with E-state index < -0.39 is 23.1 Å². The summed E-state index contributed by atoms with van der Waals surface area (Å²) >= 11 is 7.51. The van der Waals surface area contributed by atoms with Gasteiger partial charge >= 0.3 is 6.03 Å². The highest BCUT2D eigenvalue weighted by molar-refractivity contribution is 8.09. The maximum absolute atomic E-state index is 14.0. The first-order valence-corrected chi connectivity index (χ1v) is 11.0. The number of methoxy groups -OCH3 is 1. The van der Waals surface area contributed by atoms with Crippen molar-refractivity contribution in [1.82, 2.24) is 20.1 Å². The lowest BCUT2D eigenvalue weighted by atomic mass is 10.1. The number of imide groups is 1. The third-order valence-electron chi connectivity index (χ3n) is 5.38. The van der Waals surface area contributed by atoms with Gasteiger partial charge in [0.2, 0.25) is 0 Å². The molecule has 1 N–H and O–H groups in total. The van der Waals surface area contributed by atoms with E-state index in [1.807, 2.05) is 13.1 Å². The standard InChI is InChI=1S/C21H17ClFN5O3S/c1-3-27-9-10-7-24-8-15(18(10)26-27)28-20(29)19-14(25-21(28)30)6-17(32-19)11-4-16(31-2)13(23)5-12(11)22/h4-9,14,19H,3H2,1-2H3,(H,25,30). The minimum absolute atomic E-state index is 0.0435. The number of aromatic nitrogens is 3. The van der Waals surface area contributed by atoms with Crippen LogP contribution in [0.2, 0.25) is 5.02 Å². The van der Waals surface area contributed by atoms with Gasteiger partial charge in [-0.25, -0.2) is 14.1 Å². The lowest BCUT2D eigenvalue weighted by Crippen LogP contribution is -2.60. The molecule has 1 aromatic carbocycles. The maximum atomic E-state index is 14.0. The quantitative estimate of drug-likeness (QED) is 0.619. The van der Waals surface area contributed by atoms with Crippen molar-refractivity contribution in [3.05, 3.63) is 53.2 Å². The topological polar surface area (TPSA) is 89.4 Å². The average molecular weight is 474 g/mol. The van der Waals surface area contributed by atoms with Crippen LogP contribution in [0.3, 0.4) is 0 Å². The second-order valence-corrected chi connectivity index (χ2v) is 8.86. The minimum Gasteiger partial charge on any atom is -0.494 e. The molecule has 0 bridgehead atoms. The summed E-state index contributed by atoms with van der Waals surface area (Å²) in [6.45, 7) is 2.59. The number of aryl methyl sites for hydroxylation is 1. The lowest BCUT2D eigenvalue weighted by molar-refractivity contribution is -0.118. The van der Waals surface area contributed by atoms with Gasteiger partial charge in [0.25, 0.3) is 5.91 Å². The molecule has 164 valence electrons. The lowest BCUT2D eigenvalue weighted by Gasteiger charge is -2.32. The van der Waals surface area contributed by atoms with Gasteiger partial charge in [-0.05, 0) is 25.1 Å². The van der Waals surface area contributed by atoms with E-state index in [2.05, 4.69) is 15.4 Å². The van der Waals surface area contributed by atoms with Gasteiger partial charge in [-0.1, -0.05) is 11.6 Å². The molecule has 1 fully saturated rings. The van der Waals surface area contributed by atoms with E-state index >= 15 is 0 Å². The molecule has 3 amide bonds. The van der Waals surface area contributed by atoms with Gasteiger partial charge < -0.3 is 10.1 Å². The van der Waals surface area contributed by atoms with Crippen molar-refractivity contribution in [2.24, 2.45) is 0 Å². The minimum atomic E-state index is -0.613. The summed E-state index contributed by atoms with van der Waals surface area (Å²) in [4.78, 5) is 32.2. The van der Waals surface area contributed by atoms with Crippen LogP contribution in [-0.4, -0.2) is 45.1 Å². The number of rotatable bonds is 4. The zero-order valence-electron chi connectivity index (χ0n) is 17.0. The van der Waals surface area contributed by atoms with Gasteiger partial charge in [0.1, 0.15) is 16.5 Å². The van der Waals surface area contributed by atoms with Crippen molar-refractivity contribution in [2.45, 2.75) is 24.8 Å². The van der Waals surface area contributed by atoms with E-state index in [1.165, 1.54) is 37.2 Å². The Kier molecular flexibility index (Phi) is 5.06.